The van der Waals surface area contributed by atoms with Crippen LogP contribution in [0.25, 0.3) is 21.5 Å². The summed E-state index contributed by atoms with van der Waals surface area (Å²) in [5.41, 5.74) is 0. The van der Waals surface area contributed by atoms with Gasteiger partial charge in [0.25, 0.3) is 0 Å². The molecule has 0 aliphatic rings. The predicted molar refractivity (Wildman–Crippen MR) is 95.8 cm³/mol. The number of hydrogen-bond donors (Lipinski definition) is 0. The highest BCUT2D eigenvalue weighted by molar-refractivity contribution is 6.06. The first-order valence-electron chi connectivity index (χ1n) is 8.50. The first-order valence-corrected chi connectivity index (χ1v) is 8.50. The Labute approximate surface area is 141 Å². The number of carbonyl (C=O) groups excluding carboxylic acids is 1. The van der Waals surface area contributed by atoms with E-state index in [1.165, 1.54) is 12.1 Å². The number of esters is 1. The molecule has 0 aromatic heterocycles. The van der Waals surface area contributed by atoms with Crippen LogP contribution in [0.1, 0.15) is 39.0 Å². The van der Waals surface area contributed by atoms with Crippen molar-refractivity contribution < 1.29 is 13.9 Å². The molecule has 0 aliphatic heterocycles. The van der Waals surface area contributed by atoms with Gasteiger partial charge < -0.3 is 4.74 Å². The third kappa shape index (κ3) is 3.56. The molecule has 2 nitrogen and oxygen atoms in total. The molecule has 0 N–H and O–H groups in total. The molecule has 24 heavy (non-hydrogen) atoms. The van der Waals surface area contributed by atoms with Gasteiger partial charge in [-0.1, -0.05) is 56.5 Å². The molecule has 0 saturated carbocycles. The van der Waals surface area contributed by atoms with Crippen LogP contribution in [-0.2, 0) is 4.79 Å². The van der Waals surface area contributed by atoms with Gasteiger partial charge in [-0.15, -0.1) is 0 Å². The Morgan fingerprint density at radius 1 is 0.958 bits per heavy atom. The molecule has 0 radical (unpaired) electrons. The normalized spacial score (nSPS) is 11.1. The summed E-state index contributed by atoms with van der Waals surface area (Å²) >= 11 is 0. The van der Waals surface area contributed by atoms with E-state index in [2.05, 4.69) is 6.92 Å². The zero-order valence-corrected chi connectivity index (χ0v) is 13.8. The van der Waals surface area contributed by atoms with Crippen molar-refractivity contribution in [2.24, 2.45) is 0 Å². The van der Waals surface area contributed by atoms with Crippen molar-refractivity contribution in [2.75, 3.05) is 0 Å². The van der Waals surface area contributed by atoms with E-state index in [1.54, 1.807) is 6.07 Å². The van der Waals surface area contributed by atoms with E-state index in [-0.39, 0.29) is 11.8 Å². The quantitative estimate of drug-likeness (QED) is 0.240. The summed E-state index contributed by atoms with van der Waals surface area (Å²) in [5.74, 6) is -0.130. The first kappa shape index (κ1) is 16.4. The number of halogens is 1. The first-order chi connectivity index (χ1) is 11.7. The second-order valence-corrected chi connectivity index (χ2v) is 6.08. The Balaban J connectivity index is 1.97. The smallest absolute Gasteiger partial charge is 0.311 e. The van der Waals surface area contributed by atoms with Gasteiger partial charge in [0.2, 0.25) is 0 Å². The lowest BCUT2D eigenvalue weighted by atomic mass is 10.0. The average molecular weight is 324 g/mol. The van der Waals surface area contributed by atoms with Gasteiger partial charge in [-0.25, -0.2) is 4.39 Å². The number of carbonyl (C=O) groups is 1. The molecule has 0 bridgehead atoms. The van der Waals surface area contributed by atoms with Crippen molar-refractivity contribution in [3.05, 3.63) is 54.3 Å². The third-order valence-corrected chi connectivity index (χ3v) is 4.23. The van der Waals surface area contributed by atoms with Gasteiger partial charge in [0.05, 0.1) is 0 Å². The molecular formula is C21H21FO2. The summed E-state index contributed by atoms with van der Waals surface area (Å²) < 4.78 is 19.4. The van der Waals surface area contributed by atoms with Crippen molar-refractivity contribution in [3.8, 4) is 5.75 Å². The van der Waals surface area contributed by atoms with E-state index in [0.29, 0.717) is 17.6 Å². The van der Waals surface area contributed by atoms with Gasteiger partial charge in [-0.2, -0.15) is 0 Å². The molecule has 0 aliphatic carbocycles. The number of rotatable bonds is 6. The maximum absolute atomic E-state index is 13.7. The van der Waals surface area contributed by atoms with E-state index >= 15 is 0 Å². The molecule has 0 heterocycles. The lowest BCUT2D eigenvalue weighted by molar-refractivity contribution is -0.134. The van der Waals surface area contributed by atoms with Gasteiger partial charge in [-0.3, -0.25) is 4.79 Å². The molecule has 0 saturated heterocycles. The largest absolute Gasteiger partial charge is 0.425 e. The molecule has 0 amide bonds. The van der Waals surface area contributed by atoms with Crippen LogP contribution in [0.4, 0.5) is 4.39 Å². The fourth-order valence-electron chi connectivity index (χ4n) is 2.96. The van der Waals surface area contributed by atoms with E-state index in [9.17, 15) is 9.18 Å². The van der Waals surface area contributed by atoms with Gasteiger partial charge in [0.1, 0.15) is 11.6 Å². The Bertz CT molecular complexity index is 870. The molecule has 0 unspecified atom stereocenters. The summed E-state index contributed by atoms with van der Waals surface area (Å²) in [6, 6.07) is 14.3. The highest BCUT2D eigenvalue weighted by Gasteiger charge is 2.13. The van der Waals surface area contributed by atoms with Crippen LogP contribution in [0.2, 0.25) is 0 Å². The van der Waals surface area contributed by atoms with Crippen molar-refractivity contribution in [3.63, 3.8) is 0 Å². The molecule has 0 atom stereocenters. The van der Waals surface area contributed by atoms with E-state index in [4.69, 9.17) is 4.74 Å². The lowest BCUT2D eigenvalue weighted by Gasteiger charge is -2.12. The highest BCUT2D eigenvalue weighted by atomic mass is 19.1. The molecule has 3 aromatic carbocycles. The summed E-state index contributed by atoms with van der Waals surface area (Å²) in [7, 11) is 0. The second-order valence-electron chi connectivity index (χ2n) is 6.08. The van der Waals surface area contributed by atoms with Gasteiger partial charge >= 0.3 is 5.97 Å². The molecule has 3 aromatic rings. The highest BCUT2D eigenvalue weighted by Crippen LogP contribution is 2.35. The van der Waals surface area contributed by atoms with Crippen LogP contribution in [0, 0.1) is 5.82 Å². The van der Waals surface area contributed by atoms with Crippen molar-refractivity contribution >= 4 is 27.5 Å². The Morgan fingerprint density at radius 2 is 1.75 bits per heavy atom. The van der Waals surface area contributed by atoms with E-state index in [1.807, 2.05) is 30.3 Å². The number of hydrogen-bond acceptors (Lipinski definition) is 2. The average Bonchev–Trinajstić information content (AvgIpc) is 2.59. The van der Waals surface area contributed by atoms with Crippen molar-refractivity contribution in [1.82, 2.24) is 0 Å². The minimum absolute atomic E-state index is 0.256. The molecule has 124 valence electrons. The van der Waals surface area contributed by atoms with Crippen LogP contribution >= 0.6 is 0 Å². The number of fused-ring (bicyclic) bond motifs is 2. The zero-order chi connectivity index (χ0) is 16.9. The van der Waals surface area contributed by atoms with Crippen molar-refractivity contribution in [1.29, 1.82) is 0 Å². The minimum atomic E-state index is -0.335. The number of ether oxygens (including phenoxy) is 1. The van der Waals surface area contributed by atoms with Crippen LogP contribution in [0.3, 0.4) is 0 Å². The van der Waals surface area contributed by atoms with Crippen molar-refractivity contribution in [2.45, 2.75) is 39.0 Å². The molecule has 0 spiro atoms. The zero-order valence-electron chi connectivity index (χ0n) is 13.8. The predicted octanol–water partition coefficient (Wildman–Crippen LogP) is 6.01. The topological polar surface area (TPSA) is 26.3 Å². The third-order valence-electron chi connectivity index (χ3n) is 4.23. The SMILES string of the molecule is CCCCCCC(=O)Oc1c2ccccc2cc2ccc(F)cc12. The van der Waals surface area contributed by atoms with Crippen LogP contribution < -0.4 is 4.74 Å². The van der Waals surface area contributed by atoms with Crippen LogP contribution in [0.5, 0.6) is 5.75 Å². The number of unbranched alkanes of at least 4 members (excludes halogenated alkanes) is 3. The summed E-state index contributed by atoms with van der Waals surface area (Å²) in [5, 5.41) is 3.31. The summed E-state index contributed by atoms with van der Waals surface area (Å²) in [6.07, 6.45) is 4.48. The Morgan fingerprint density at radius 3 is 2.58 bits per heavy atom. The second kappa shape index (κ2) is 7.43. The maximum Gasteiger partial charge on any atom is 0.311 e. The fourth-order valence-corrected chi connectivity index (χ4v) is 2.96. The molecule has 3 rings (SSSR count). The Hall–Kier alpha value is -2.42. The minimum Gasteiger partial charge on any atom is -0.425 e. The monoisotopic (exact) mass is 324 g/mol. The molecule has 3 heteroatoms. The molecule has 0 fully saturated rings. The maximum atomic E-state index is 13.7. The summed E-state index contributed by atoms with van der Waals surface area (Å²) in [6.45, 7) is 2.13. The number of benzene rings is 3. The Kier molecular flexibility index (Phi) is 5.09. The van der Waals surface area contributed by atoms with Crippen LogP contribution in [0.15, 0.2) is 48.5 Å². The van der Waals surface area contributed by atoms with E-state index < -0.39 is 0 Å². The van der Waals surface area contributed by atoms with Gasteiger partial charge in [-0.05, 0) is 35.4 Å². The molecular weight excluding hydrogens is 303 g/mol. The van der Waals surface area contributed by atoms with Gasteiger partial charge in [0.15, 0.2) is 0 Å². The lowest BCUT2D eigenvalue weighted by Crippen LogP contribution is -2.08. The van der Waals surface area contributed by atoms with Crippen LogP contribution in [-0.4, -0.2) is 5.97 Å². The van der Waals surface area contributed by atoms with E-state index in [0.717, 1.165) is 41.8 Å². The standard InChI is InChI=1S/C21H21FO2/c1-2-3-4-5-10-20(23)24-21-18-9-7-6-8-15(18)13-16-11-12-17(22)14-19(16)21/h6-9,11-14H,2-5,10H2,1H3. The fraction of sp³-hybridized carbons (Fsp3) is 0.286. The summed E-state index contributed by atoms with van der Waals surface area (Å²) in [4.78, 5) is 12.2. The van der Waals surface area contributed by atoms with Gasteiger partial charge in [0, 0.05) is 17.2 Å².